The average molecular weight is 527 g/mol. The highest BCUT2D eigenvalue weighted by atomic mass is 15.0. The molecule has 0 aliphatic carbocycles. The second kappa shape index (κ2) is 10.3. The van der Waals surface area contributed by atoms with E-state index < -0.39 is 0 Å². The highest BCUT2D eigenvalue weighted by Gasteiger charge is 2.14. The number of hydrogen-bond acceptors (Lipinski definition) is 0. The summed E-state index contributed by atoms with van der Waals surface area (Å²) in [5, 5.41) is 3.79. The van der Waals surface area contributed by atoms with Gasteiger partial charge in [0, 0.05) is 33.1 Å². The van der Waals surface area contributed by atoms with Crippen LogP contribution in [0.15, 0.2) is 134 Å². The third-order valence-corrected chi connectivity index (χ3v) is 7.83. The number of allylic oxidation sites excluding steroid dienone is 1. The van der Waals surface area contributed by atoms with Crippen LogP contribution in [0, 0.1) is 0 Å². The summed E-state index contributed by atoms with van der Waals surface area (Å²) in [6.45, 7) is 6.17. The fourth-order valence-corrected chi connectivity index (χ4v) is 5.97. The first-order valence-corrected chi connectivity index (χ1v) is 14.0. The minimum Gasteiger partial charge on any atom is -0.309 e. The molecule has 2 aromatic heterocycles. The van der Waals surface area contributed by atoms with Crippen LogP contribution >= 0.6 is 0 Å². The first kappa shape index (κ1) is 24.7. The van der Waals surface area contributed by atoms with Gasteiger partial charge in [0.05, 0.1) is 22.2 Å². The van der Waals surface area contributed by atoms with Gasteiger partial charge in [-0.25, -0.2) is 0 Å². The van der Waals surface area contributed by atoms with Gasteiger partial charge in [0.1, 0.15) is 0 Å². The smallest absolute Gasteiger partial charge is 0.0541 e. The average Bonchev–Trinajstić information content (AvgIpc) is 3.53. The van der Waals surface area contributed by atoms with E-state index in [0.717, 1.165) is 22.6 Å². The first-order valence-electron chi connectivity index (χ1n) is 14.0. The zero-order valence-corrected chi connectivity index (χ0v) is 23.0. The van der Waals surface area contributed by atoms with Crippen LogP contribution in [0.4, 0.5) is 0 Å². The zero-order valence-electron chi connectivity index (χ0n) is 23.0. The summed E-state index contributed by atoms with van der Waals surface area (Å²) < 4.78 is 4.64. The summed E-state index contributed by atoms with van der Waals surface area (Å²) in [5.74, 6) is 0. The molecular formula is C39H30N2. The predicted molar refractivity (Wildman–Crippen MR) is 178 cm³/mol. The van der Waals surface area contributed by atoms with Crippen molar-refractivity contribution in [1.82, 2.24) is 9.13 Å². The molecule has 5 aromatic carbocycles. The maximum absolute atomic E-state index is 4.12. The van der Waals surface area contributed by atoms with E-state index in [2.05, 4.69) is 168 Å². The fraction of sp³-hybridized carbons (Fsp3) is 0.0256. The van der Waals surface area contributed by atoms with Crippen LogP contribution in [0.1, 0.15) is 29.3 Å². The molecule has 196 valence electrons. The Hall–Kier alpha value is -5.34. The monoisotopic (exact) mass is 526 g/mol. The molecule has 0 saturated carbocycles. The summed E-state index contributed by atoms with van der Waals surface area (Å²) in [4.78, 5) is 0. The van der Waals surface area contributed by atoms with Crippen molar-refractivity contribution in [2.75, 3.05) is 0 Å². The van der Waals surface area contributed by atoms with Gasteiger partial charge < -0.3 is 9.13 Å². The largest absolute Gasteiger partial charge is 0.309 e. The Bertz CT molecular complexity index is 2040. The van der Waals surface area contributed by atoms with Crippen LogP contribution in [0.5, 0.6) is 0 Å². The lowest BCUT2D eigenvalue weighted by molar-refractivity contribution is 1.10. The van der Waals surface area contributed by atoms with Gasteiger partial charge in [0.15, 0.2) is 0 Å². The van der Waals surface area contributed by atoms with Crippen LogP contribution in [-0.2, 0) is 0 Å². The van der Waals surface area contributed by atoms with Gasteiger partial charge in [-0.2, -0.15) is 0 Å². The molecule has 41 heavy (non-hydrogen) atoms. The van der Waals surface area contributed by atoms with Gasteiger partial charge in [0.25, 0.3) is 0 Å². The van der Waals surface area contributed by atoms with E-state index in [1.165, 1.54) is 43.8 Å². The van der Waals surface area contributed by atoms with Crippen LogP contribution < -0.4 is 0 Å². The van der Waals surface area contributed by atoms with Gasteiger partial charge in [-0.05, 0) is 66.6 Å². The van der Waals surface area contributed by atoms with E-state index in [4.69, 9.17) is 0 Å². The SMILES string of the molecule is C=Cc1c(/C=C\C)c2ccccc2n1-c1ccc(/C=C/c2ccc(-n3c4ccccc4c4ccccc43)cc2)cc1. The molecule has 7 aromatic rings. The summed E-state index contributed by atoms with van der Waals surface area (Å²) in [5.41, 5.74) is 10.6. The Morgan fingerprint density at radius 3 is 1.41 bits per heavy atom. The van der Waals surface area contributed by atoms with E-state index in [-0.39, 0.29) is 0 Å². The van der Waals surface area contributed by atoms with Gasteiger partial charge in [-0.3, -0.25) is 0 Å². The van der Waals surface area contributed by atoms with E-state index >= 15 is 0 Å². The Balaban J connectivity index is 1.18. The Kier molecular flexibility index (Phi) is 6.22. The molecular weight excluding hydrogens is 496 g/mol. The van der Waals surface area contributed by atoms with E-state index in [0.29, 0.717) is 0 Å². The molecule has 0 aliphatic rings. The molecule has 0 amide bonds. The van der Waals surface area contributed by atoms with Crippen molar-refractivity contribution in [2.45, 2.75) is 6.92 Å². The van der Waals surface area contributed by atoms with E-state index in [1.54, 1.807) is 0 Å². The lowest BCUT2D eigenvalue weighted by atomic mass is 10.1. The zero-order chi connectivity index (χ0) is 27.8. The quantitative estimate of drug-likeness (QED) is 0.191. The third-order valence-electron chi connectivity index (χ3n) is 7.83. The molecule has 0 fully saturated rings. The minimum absolute atomic E-state index is 1.11. The highest BCUT2D eigenvalue weighted by Crippen LogP contribution is 2.33. The van der Waals surface area contributed by atoms with Crippen LogP contribution in [0.2, 0.25) is 0 Å². The molecule has 0 unspecified atom stereocenters. The van der Waals surface area contributed by atoms with Crippen molar-refractivity contribution >= 4 is 57.0 Å². The number of fused-ring (bicyclic) bond motifs is 4. The molecule has 7 rings (SSSR count). The van der Waals surface area contributed by atoms with Crippen molar-refractivity contribution in [2.24, 2.45) is 0 Å². The fourth-order valence-electron chi connectivity index (χ4n) is 5.97. The van der Waals surface area contributed by atoms with Crippen LogP contribution in [-0.4, -0.2) is 9.13 Å². The summed E-state index contributed by atoms with van der Waals surface area (Å²) in [6.07, 6.45) is 10.6. The molecule has 0 saturated heterocycles. The van der Waals surface area contributed by atoms with Crippen molar-refractivity contribution in [3.63, 3.8) is 0 Å². The molecule has 0 spiro atoms. The Morgan fingerprint density at radius 1 is 0.488 bits per heavy atom. The standard InChI is InChI=1S/C39H30N2/c1-3-11-32-33-12-5-8-15-37(33)40(36(32)4-2)30-24-20-28(21-25-30)18-19-29-22-26-31(27-23-29)41-38-16-9-6-13-34(38)35-14-7-10-17-39(35)41/h3-27H,2H2,1H3/b11-3-,19-18+. The van der Waals surface area contributed by atoms with Gasteiger partial charge >= 0.3 is 0 Å². The number of aromatic nitrogens is 2. The second-order valence-electron chi connectivity index (χ2n) is 10.2. The Morgan fingerprint density at radius 2 is 0.927 bits per heavy atom. The summed E-state index contributed by atoms with van der Waals surface area (Å²) in [6, 6.07) is 43.3. The van der Waals surface area contributed by atoms with E-state index in [1.807, 2.05) is 6.08 Å². The van der Waals surface area contributed by atoms with Crippen LogP contribution in [0.3, 0.4) is 0 Å². The van der Waals surface area contributed by atoms with Crippen molar-refractivity contribution in [3.8, 4) is 11.4 Å². The first-order chi connectivity index (χ1) is 20.3. The van der Waals surface area contributed by atoms with Crippen LogP contribution in [0.25, 0.3) is 68.4 Å². The molecule has 0 atom stereocenters. The normalized spacial score (nSPS) is 11.9. The lowest BCUT2D eigenvalue weighted by Gasteiger charge is -2.10. The van der Waals surface area contributed by atoms with Gasteiger partial charge in [0.2, 0.25) is 0 Å². The van der Waals surface area contributed by atoms with Crippen molar-refractivity contribution in [1.29, 1.82) is 0 Å². The molecule has 0 bridgehead atoms. The molecule has 2 nitrogen and oxygen atoms in total. The van der Waals surface area contributed by atoms with Crippen molar-refractivity contribution < 1.29 is 0 Å². The minimum atomic E-state index is 1.11. The predicted octanol–water partition coefficient (Wildman–Crippen LogP) is 10.6. The molecule has 2 heteroatoms. The molecule has 0 N–H and O–H groups in total. The third kappa shape index (κ3) is 4.21. The molecule has 0 radical (unpaired) electrons. The number of nitrogens with zero attached hydrogens (tertiary/aromatic N) is 2. The number of rotatable bonds is 6. The number of hydrogen-bond donors (Lipinski definition) is 0. The van der Waals surface area contributed by atoms with Gasteiger partial charge in [-0.1, -0.05) is 110 Å². The van der Waals surface area contributed by atoms with E-state index in [9.17, 15) is 0 Å². The highest BCUT2D eigenvalue weighted by molar-refractivity contribution is 6.09. The summed E-state index contributed by atoms with van der Waals surface area (Å²) >= 11 is 0. The number of benzene rings is 5. The summed E-state index contributed by atoms with van der Waals surface area (Å²) in [7, 11) is 0. The maximum atomic E-state index is 4.12. The number of para-hydroxylation sites is 3. The topological polar surface area (TPSA) is 9.86 Å². The second-order valence-corrected chi connectivity index (χ2v) is 10.2. The van der Waals surface area contributed by atoms with Gasteiger partial charge in [-0.15, -0.1) is 0 Å². The maximum Gasteiger partial charge on any atom is 0.0541 e. The molecule has 0 aliphatic heterocycles. The Labute approximate surface area is 240 Å². The van der Waals surface area contributed by atoms with Crippen molar-refractivity contribution in [3.05, 3.63) is 156 Å². The lowest BCUT2D eigenvalue weighted by Crippen LogP contribution is -1.96. The molecule has 2 heterocycles.